The van der Waals surface area contributed by atoms with Crippen LogP contribution in [0.4, 0.5) is 5.69 Å². The molecule has 0 aliphatic heterocycles. The molecular formula is C37H51NO5. The monoisotopic (exact) mass is 589 g/mol. The van der Waals surface area contributed by atoms with E-state index in [1.54, 1.807) is 18.2 Å². The van der Waals surface area contributed by atoms with Crippen molar-refractivity contribution in [2.45, 2.75) is 112 Å². The molecule has 9 atom stereocenters. The Hall–Kier alpha value is -2.47. The van der Waals surface area contributed by atoms with Gasteiger partial charge in [0.1, 0.15) is 0 Å². The van der Waals surface area contributed by atoms with Crippen molar-refractivity contribution >= 4 is 23.3 Å². The molecule has 1 aromatic carbocycles. The van der Waals surface area contributed by atoms with Crippen LogP contribution in [0, 0.1) is 50.2 Å². The first kappa shape index (κ1) is 30.6. The number of aliphatic hydroxyl groups excluding tert-OH is 1. The highest BCUT2D eigenvalue weighted by molar-refractivity contribution is 6.02. The molecule has 4 fully saturated rings. The third-order valence-electron chi connectivity index (χ3n) is 14.5. The maximum atomic E-state index is 14.5. The predicted molar refractivity (Wildman–Crippen MR) is 167 cm³/mol. The van der Waals surface area contributed by atoms with E-state index in [0.717, 1.165) is 51.4 Å². The van der Waals surface area contributed by atoms with Gasteiger partial charge in [-0.2, -0.15) is 0 Å². The Morgan fingerprint density at radius 2 is 1.56 bits per heavy atom. The van der Waals surface area contributed by atoms with Crippen LogP contribution in [0.15, 0.2) is 35.9 Å². The molecule has 5 aliphatic rings. The maximum Gasteiger partial charge on any atom is 0.337 e. The lowest BCUT2D eigenvalue weighted by atomic mass is 9.33. The number of carboxylic acids is 1. The molecule has 6 rings (SSSR count). The molecule has 2 unspecified atom stereocenters. The lowest BCUT2D eigenvalue weighted by Crippen LogP contribution is -2.66. The number of carboxylic acid groups (broad SMARTS) is 1. The molecular weight excluding hydrogens is 538 g/mol. The number of fused-ring (bicyclic) bond motifs is 7. The van der Waals surface area contributed by atoms with Gasteiger partial charge in [0, 0.05) is 11.3 Å². The van der Waals surface area contributed by atoms with Gasteiger partial charge in [-0.1, -0.05) is 66.2 Å². The normalized spacial score (nSPS) is 45.0. The second-order valence-corrected chi connectivity index (χ2v) is 16.9. The van der Waals surface area contributed by atoms with Crippen LogP contribution in [0.5, 0.6) is 0 Å². The summed E-state index contributed by atoms with van der Waals surface area (Å²) in [6.45, 7) is 15.9. The van der Waals surface area contributed by atoms with E-state index in [9.17, 15) is 24.6 Å². The summed E-state index contributed by atoms with van der Waals surface area (Å²) >= 11 is 0. The van der Waals surface area contributed by atoms with Crippen LogP contribution in [-0.4, -0.2) is 34.0 Å². The molecule has 0 heterocycles. The van der Waals surface area contributed by atoms with Crippen LogP contribution in [-0.2, 0) is 9.59 Å². The first-order chi connectivity index (χ1) is 19.9. The Bertz CT molecular complexity index is 1410. The molecule has 0 radical (unpaired) electrons. The first-order valence-corrected chi connectivity index (χ1v) is 16.5. The molecule has 3 N–H and O–H groups in total. The minimum absolute atomic E-state index is 0.0195. The molecule has 1 amide bonds. The number of allylic oxidation sites excluding steroid dienone is 2. The molecule has 6 nitrogen and oxygen atoms in total. The average molecular weight is 590 g/mol. The maximum absolute atomic E-state index is 14.5. The van der Waals surface area contributed by atoms with Gasteiger partial charge in [0.25, 0.3) is 0 Å². The quantitative estimate of drug-likeness (QED) is 0.336. The van der Waals surface area contributed by atoms with Gasteiger partial charge in [-0.05, 0) is 115 Å². The summed E-state index contributed by atoms with van der Waals surface area (Å²) in [6, 6.07) is 6.58. The third-order valence-corrected chi connectivity index (χ3v) is 14.5. The summed E-state index contributed by atoms with van der Waals surface area (Å²) in [6.07, 6.45) is 9.72. The molecule has 0 saturated heterocycles. The summed E-state index contributed by atoms with van der Waals surface area (Å²) in [5.41, 5.74) is 0.313. The van der Waals surface area contributed by atoms with Gasteiger partial charge in [-0.25, -0.2) is 4.79 Å². The number of amides is 1. The van der Waals surface area contributed by atoms with Crippen LogP contribution < -0.4 is 5.32 Å². The number of hydrogen-bond acceptors (Lipinski definition) is 4. The second-order valence-electron chi connectivity index (χ2n) is 16.9. The summed E-state index contributed by atoms with van der Waals surface area (Å²) in [7, 11) is 0. The van der Waals surface area contributed by atoms with Crippen LogP contribution >= 0.6 is 0 Å². The SMILES string of the molecule is CC1(C)C2CC[C@]3(C)C(C(=O)C=C4[C@@H]5C[C@@](C)(C(=O)Nc6ccccc6C(=O)O)CC[C@]5(C)CC[C@]43C)[C@@]2(C)CC[C@@H]1O. The average Bonchev–Trinajstić information content (AvgIpc) is 2.93. The fraction of sp³-hybridized carbons (Fsp3) is 0.703. The van der Waals surface area contributed by atoms with E-state index in [1.165, 1.54) is 11.6 Å². The smallest absolute Gasteiger partial charge is 0.337 e. The van der Waals surface area contributed by atoms with E-state index >= 15 is 0 Å². The van der Waals surface area contributed by atoms with Gasteiger partial charge in [0.2, 0.25) is 5.91 Å². The van der Waals surface area contributed by atoms with Gasteiger partial charge in [0.05, 0.1) is 17.4 Å². The molecule has 6 heteroatoms. The number of carbonyl (C=O) groups is 3. The number of carbonyl (C=O) groups excluding carboxylic acids is 2. The third kappa shape index (κ3) is 4.10. The van der Waals surface area contributed by atoms with Crippen molar-refractivity contribution in [2.24, 2.45) is 50.2 Å². The number of aromatic carboxylic acids is 1. The Balaban J connectivity index is 1.36. The molecule has 0 aromatic heterocycles. The zero-order valence-corrected chi connectivity index (χ0v) is 27.2. The highest BCUT2D eigenvalue weighted by atomic mass is 16.4. The van der Waals surface area contributed by atoms with Crippen molar-refractivity contribution in [3.8, 4) is 0 Å². The molecule has 0 spiro atoms. The fourth-order valence-electron chi connectivity index (χ4n) is 11.4. The zero-order valence-electron chi connectivity index (χ0n) is 27.2. The minimum Gasteiger partial charge on any atom is -0.478 e. The zero-order chi connectivity index (χ0) is 31.4. The highest BCUT2D eigenvalue weighted by Crippen LogP contribution is 2.75. The van der Waals surface area contributed by atoms with Crippen molar-refractivity contribution < 1.29 is 24.6 Å². The lowest BCUT2D eigenvalue weighted by Gasteiger charge is -2.70. The Morgan fingerprint density at radius 3 is 2.26 bits per heavy atom. The number of para-hydroxylation sites is 1. The highest BCUT2D eigenvalue weighted by Gasteiger charge is 2.70. The number of benzene rings is 1. The van der Waals surface area contributed by atoms with E-state index in [4.69, 9.17) is 0 Å². The Labute approximate surface area is 257 Å². The number of hydrogen-bond donors (Lipinski definition) is 3. The Morgan fingerprint density at radius 1 is 0.884 bits per heavy atom. The van der Waals surface area contributed by atoms with Gasteiger partial charge in [-0.3, -0.25) is 9.59 Å². The molecule has 234 valence electrons. The summed E-state index contributed by atoms with van der Waals surface area (Å²) in [4.78, 5) is 40.3. The van der Waals surface area contributed by atoms with Crippen LogP contribution in [0.3, 0.4) is 0 Å². The molecule has 43 heavy (non-hydrogen) atoms. The van der Waals surface area contributed by atoms with E-state index in [2.05, 4.69) is 46.9 Å². The van der Waals surface area contributed by atoms with Gasteiger partial charge < -0.3 is 15.5 Å². The first-order valence-electron chi connectivity index (χ1n) is 16.5. The summed E-state index contributed by atoms with van der Waals surface area (Å²) in [5, 5.41) is 23.6. The van der Waals surface area contributed by atoms with E-state index in [1.807, 2.05) is 13.0 Å². The van der Waals surface area contributed by atoms with Crippen LogP contribution in [0.25, 0.3) is 0 Å². The number of ketones is 1. The number of anilines is 1. The number of rotatable bonds is 3. The molecule has 4 saturated carbocycles. The number of nitrogens with one attached hydrogen (secondary N) is 1. The molecule has 0 bridgehead atoms. The largest absolute Gasteiger partial charge is 0.478 e. The van der Waals surface area contributed by atoms with Crippen LogP contribution in [0.1, 0.15) is 117 Å². The standard InChI is InChI=1S/C37H51NO5/c1-32(2)27-12-15-37(7)29(35(27,5)14-13-28(32)40)26(39)20-23-24-21-34(4,17-16-33(24,3)18-19-36(23,37)6)31(43)38-25-11-9-8-10-22(25)30(41)42/h8-11,20,24,27-29,40H,12-19,21H2,1-7H3,(H,38,43)(H,41,42)/t24-,27?,28-,29?,33+,34-,35-,36+,37+/m0/s1. The Kier molecular flexibility index (Phi) is 6.76. The fourth-order valence-corrected chi connectivity index (χ4v) is 11.4. The topological polar surface area (TPSA) is 104 Å². The van der Waals surface area contributed by atoms with E-state index in [0.29, 0.717) is 18.0 Å². The van der Waals surface area contributed by atoms with Crippen LogP contribution in [0.2, 0.25) is 0 Å². The van der Waals surface area contributed by atoms with Gasteiger partial charge in [0.15, 0.2) is 5.78 Å². The van der Waals surface area contributed by atoms with Crippen molar-refractivity contribution in [3.63, 3.8) is 0 Å². The molecule has 1 aromatic rings. The predicted octanol–water partition coefficient (Wildman–Crippen LogP) is 7.66. The summed E-state index contributed by atoms with van der Waals surface area (Å²) in [5.74, 6) is -0.609. The van der Waals surface area contributed by atoms with Crippen molar-refractivity contribution in [1.82, 2.24) is 0 Å². The van der Waals surface area contributed by atoms with Crippen molar-refractivity contribution in [2.75, 3.05) is 5.32 Å². The second kappa shape index (κ2) is 9.52. The minimum atomic E-state index is -1.06. The van der Waals surface area contributed by atoms with Gasteiger partial charge in [-0.15, -0.1) is 0 Å². The summed E-state index contributed by atoms with van der Waals surface area (Å²) < 4.78 is 0. The van der Waals surface area contributed by atoms with Gasteiger partial charge >= 0.3 is 5.97 Å². The van der Waals surface area contributed by atoms with E-state index < -0.39 is 11.4 Å². The number of aliphatic hydroxyl groups is 1. The van der Waals surface area contributed by atoms with Crippen molar-refractivity contribution in [1.29, 1.82) is 0 Å². The van der Waals surface area contributed by atoms with Crippen molar-refractivity contribution in [3.05, 3.63) is 41.5 Å². The molecule has 5 aliphatic carbocycles. The van der Waals surface area contributed by atoms with E-state index in [-0.39, 0.29) is 62.3 Å². The lowest BCUT2D eigenvalue weighted by molar-refractivity contribution is -0.202.